The van der Waals surface area contributed by atoms with E-state index in [1.807, 2.05) is 66.2 Å². The summed E-state index contributed by atoms with van der Waals surface area (Å²) in [5.41, 5.74) is 2.79. The van der Waals surface area contributed by atoms with E-state index in [0.717, 1.165) is 29.1 Å². The van der Waals surface area contributed by atoms with Crippen LogP contribution in [0.4, 0.5) is 0 Å². The van der Waals surface area contributed by atoms with Crippen LogP contribution in [0.25, 0.3) is 5.69 Å². The minimum absolute atomic E-state index is 0.258. The van der Waals surface area contributed by atoms with Gasteiger partial charge in [0.15, 0.2) is 0 Å². The minimum atomic E-state index is -0.579. The van der Waals surface area contributed by atoms with Crippen LogP contribution in [0.5, 0.6) is 17.4 Å². The van der Waals surface area contributed by atoms with Crippen molar-refractivity contribution in [2.75, 3.05) is 26.9 Å². The van der Waals surface area contributed by atoms with E-state index in [-0.39, 0.29) is 6.04 Å². The average Bonchev–Trinajstić information content (AvgIpc) is 3.18. The predicted molar refractivity (Wildman–Crippen MR) is 143 cm³/mol. The van der Waals surface area contributed by atoms with E-state index in [0.29, 0.717) is 43.9 Å². The molecule has 0 bridgehead atoms. The average molecular weight is 496 g/mol. The van der Waals surface area contributed by atoms with Gasteiger partial charge < -0.3 is 19.3 Å². The summed E-state index contributed by atoms with van der Waals surface area (Å²) < 4.78 is 19.4. The molecular formula is C29H41N3O4. The number of benzene rings is 2. The van der Waals surface area contributed by atoms with Crippen molar-refractivity contribution in [2.24, 2.45) is 5.92 Å². The molecule has 0 radical (unpaired) electrons. The Hall–Kier alpha value is -2.87. The third kappa shape index (κ3) is 7.56. The fourth-order valence-corrected chi connectivity index (χ4v) is 3.97. The predicted octanol–water partition coefficient (Wildman–Crippen LogP) is 5.62. The molecule has 2 aromatic carbocycles. The lowest BCUT2D eigenvalue weighted by Gasteiger charge is -2.30. The van der Waals surface area contributed by atoms with Gasteiger partial charge in [-0.3, -0.25) is 4.90 Å². The molecular weight excluding hydrogens is 454 g/mol. The molecule has 2 atom stereocenters. The van der Waals surface area contributed by atoms with Gasteiger partial charge in [-0.1, -0.05) is 45.0 Å². The van der Waals surface area contributed by atoms with Gasteiger partial charge in [-0.15, -0.1) is 0 Å². The Balaban J connectivity index is 1.93. The zero-order valence-corrected chi connectivity index (χ0v) is 22.5. The van der Waals surface area contributed by atoms with Crippen LogP contribution < -0.4 is 9.47 Å². The van der Waals surface area contributed by atoms with Crippen molar-refractivity contribution in [3.05, 3.63) is 65.9 Å². The third-order valence-corrected chi connectivity index (χ3v) is 6.18. The summed E-state index contributed by atoms with van der Waals surface area (Å²) >= 11 is 0. The summed E-state index contributed by atoms with van der Waals surface area (Å²) in [5.74, 6) is 2.49. The van der Waals surface area contributed by atoms with Crippen LogP contribution in [0.2, 0.25) is 0 Å². The second-order valence-corrected chi connectivity index (χ2v) is 9.67. The largest absolute Gasteiger partial charge is 0.497 e. The van der Waals surface area contributed by atoms with Crippen molar-refractivity contribution in [1.29, 1.82) is 0 Å². The maximum absolute atomic E-state index is 10.7. The highest BCUT2D eigenvalue weighted by Gasteiger charge is 2.25. The fraction of sp³-hybridized carbons (Fsp3) is 0.483. The standard InChI is InChI=1S/C29H41N3O4/c1-7-22(4)31(17-25(33)20-35-19-21(2)3)18-28-23(5)30-32(24-12-9-8-10-13-24)29(28)36-27-15-11-14-26(16-27)34-6/h8-16,21-22,25,33H,7,17-20H2,1-6H3/t22-,25-/m1/s1. The molecule has 0 aliphatic heterocycles. The van der Waals surface area contributed by atoms with E-state index in [4.69, 9.17) is 19.3 Å². The van der Waals surface area contributed by atoms with Gasteiger partial charge in [-0.2, -0.15) is 5.10 Å². The van der Waals surface area contributed by atoms with Crippen molar-refractivity contribution in [1.82, 2.24) is 14.7 Å². The van der Waals surface area contributed by atoms with Gasteiger partial charge in [0.2, 0.25) is 5.88 Å². The number of nitrogens with zero attached hydrogens (tertiary/aromatic N) is 3. The molecule has 0 aliphatic carbocycles. The summed E-state index contributed by atoms with van der Waals surface area (Å²) in [5, 5.41) is 15.6. The Morgan fingerprint density at radius 1 is 1.00 bits per heavy atom. The summed E-state index contributed by atoms with van der Waals surface area (Å²) in [6.45, 7) is 12.6. The quantitative estimate of drug-likeness (QED) is 0.313. The summed E-state index contributed by atoms with van der Waals surface area (Å²) in [6, 6.07) is 17.8. The first kappa shape index (κ1) is 27.7. The van der Waals surface area contributed by atoms with E-state index >= 15 is 0 Å². The van der Waals surface area contributed by atoms with Crippen molar-refractivity contribution < 1.29 is 19.3 Å². The van der Waals surface area contributed by atoms with Crippen LogP contribution in [0.3, 0.4) is 0 Å². The normalized spacial score (nSPS) is 13.2. The number of aromatic nitrogens is 2. The highest BCUT2D eigenvalue weighted by molar-refractivity contribution is 5.44. The molecule has 0 saturated heterocycles. The van der Waals surface area contributed by atoms with Gasteiger partial charge in [0.05, 0.1) is 36.8 Å². The number of hydrogen-bond donors (Lipinski definition) is 1. The first-order valence-corrected chi connectivity index (χ1v) is 12.8. The first-order chi connectivity index (χ1) is 17.3. The first-order valence-electron chi connectivity index (χ1n) is 12.8. The van der Waals surface area contributed by atoms with Crippen LogP contribution >= 0.6 is 0 Å². The van der Waals surface area contributed by atoms with Crippen molar-refractivity contribution in [3.8, 4) is 23.1 Å². The van der Waals surface area contributed by atoms with Gasteiger partial charge in [-0.05, 0) is 50.5 Å². The Morgan fingerprint density at radius 2 is 1.72 bits per heavy atom. The second kappa shape index (κ2) is 13.4. The lowest BCUT2D eigenvalue weighted by Crippen LogP contribution is -2.40. The summed E-state index contributed by atoms with van der Waals surface area (Å²) in [6.07, 6.45) is 0.377. The Labute approximate surface area is 215 Å². The minimum Gasteiger partial charge on any atom is -0.497 e. The highest BCUT2D eigenvalue weighted by atomic mass is 16.5. The molecule has 0 saturated carbocycles. The van der Waals surface area contributed by atoms with Crippen LogP contribution in [0, 0.1) is 12.8 Å². The lowest BCUT2D eigenvalue weighted by atomic mass is 10.1. The molecule has 36 heavy (non-hydrogen) atoms. The topological polar surface area (TPSA) is 69.0 Å². The molecule has 7 heteroatoms. The van der Waals surface area contributed by atoms with E-state index in [9.17, 15) is 5.11 Å². The molecule has 0 unspecified atom stereocenters. The number of para-hydroxylation sites is 1. The van der Waals surface area contributed by atoms with Gasteiger partial charge in [0, 0.05) is 31.8 Å². The molecule has 0 aliphatic rings. The summed E-state index contributed by atoms with van der Waals surface area (Å²) in [4.78, 5) is 2.28. The maximum atomic E-state index is 10.7. The molecule has 7 nitrogen and oxygen atoms in total. The maximum Gasteiger partial charge on any atom is 0.227 e. The number of methoxy groups -OCH3 is 1. The fourth-order valence-electron chi connectivity index (χ4n) is 3.97. The van der Waals surface area contributed by atoms with Crippen LogP contribution in [-0.2, 0) is 11.3 Å². The van der Waals surface area contributed by atoms with E-state index in [2.05, 4.69) is 32.6 Å². The Morgan fingerprint density at radius 3 is 2.39 bits per heavy atom. The van der Waals surface area contributed by atoms with Gasteiger partial charge in [-0.25, -0.2) is 4.68 Å². The van der Waals surface area contributed by atoms with E-state index < -0.39 is 6.10 Å². The molecule has 196 valence electrons. The smallest absolute Gasteiger partial charge is 0.227 e. The third-order valence-electron chi connectivity index (χ3n) is 6.18. The molecule has 0 fully saturated rings. The summed E-state index contributed by atoms with van der Waals surface area (Å²) in [7, 11) is 1.64. The number of rotatable bonds is 14. The molecule has 0 amide bonds. The lowest BCUT2D eigenvalue weighted by molar-refractivity contribution is -0.0000190. The van der Waals surface area contributed by atoms with Crippen LogP contribution in [0.1, 0.15) is 45.4 Å². The Bertz CT molecular complexity index is 1070. The van der Waals surface area contributed by atoms with Crippen LogP contribution in [0.15, 0.2) is 54.6 Å². The number of hydrogen-bond acceptors (Lipinski definition) is 6. The highest BCUT2D eigenvalue weighted by Crippen LogP contribution is 2.33. The van der Waals surface area contributed by atoms with Gasteiger partial charge >= 0.3 is 0 Å². The van der Waals surface area contributed by atoms with Crippen molar-refractivity contribution >= 4 is 0 Å². The molecule has 3 rings (SSSR count). The Kier molecular flexibility index (Phi) is 10.3. The van der Waals surface area contributed by atoms with E-state index in [1.54, 1.807) is 7.11 Å². The van der Waals surface area contributed by atoms with Crippen LogP contribution in [-0.4, -0.2) is 58.8 Å². The van der Waals surface area contributed by atoms with Gasteiger partial charge in [0.1, 0.15) is 11.5 Å². The SMILES string of the molecule is CC[C@@H](C)N(Cc1c(C)nn(-c2ccccc2)c1Oc1cccc(OC)c1)C[C@@H](O)COCC(C)C. The number of aliphatic hydroxyl groups excluding tert-OH is 1. The molecule has 3 aromatic rings. The number of ether oxygens (including phenoxy) is 3. The van der Waals surface area contributed by atoms with E-state index in [1.165, 1.54) is 0 Å². The second-order valence-electron chi connectivity index (χ2n) is 9.67. The number of aliphatic hydroxyl groups is 1. The zero-order valence-electron chi connectivity index (χ0n) is 22.5. The molecule has 0 spiro atoms. The zero-order chi connectivity index (χ0) is 26.1. The monoisotopic (exact) mass is 495 g/mol. The van der Waals surface area contributed by atoms with Crippen molar-refractivity contribution in [3.63, 3.8) is 0 Å². The molecule has 1 aromatic heterocycles. The van der Waals surface area contributed by atoms with Gasteiger partial charge in [0.25, 0.3) is 0 Å². The van der Waals surface area contributed by atoms with Crippen molar-refractivity contribution in [2.45, 2.75) is 59.7 Å². The molecule has 1 N–H and O–H groups in total. The number of aryl methyl sites for hydroxylation is 1. The molecule has 1 heterocycles.